The van der Waals surface area contributed by atoms with E-state index in [0.29, 0.717) is 28.4 Å². The van der Waals surface area contributed by atoms with Gasteiger partial charge in [-0.2, -0.15) is 8.78 Å². The Bertz CT molecular complexity index is 1240. The maximum absolute atomic E-state index is 12.6. The molecule has 0 amide bonds. The highest BCUT2D eigenvalue weighted by molar-refractivity contribution is 6.17. The second kappa shape index (κ2) is 8.39. The third kappa shape index (κ3) is 3.72. The van der Waals surface area contributed by atoms with Gasteiger partial charge in [-0.3, -0.25) is 4.98 Å². The van der Waals surface area contributed by atoms with Crippen LogP contribution in [0.5, 0.6) is 5.75 Å². The lowest BCUT2D eigenvalue weighted by molar-refractivity contribution is -0.135. The molecule has 4 aromatic rings. The van der Waals surface area contributed by atoms with Crippen molar-refractivity contribution in [1.29, 1.82) is 0 Å². The van der Waals surface area contributed by atoms with Crippen LogP contribution >= 0.6 is 11.6 Å². The van der Waals surface area contributed by atoms with Crippen LogP contribution in [0.25, 0.3) is 33.1 Å². The molecule has 0 spiro atoms. The average molecular weight is 451 g/mol. The lowest BCUT2D eigenvalue weighted by atomic mass is 10.0. The molecule has 7 nitrogen and oxygen atoms in total. The van der Waals surface area contributed by atoms with Crippen LogP contribution in [0, 0.1) is 13.8 Å². The summed E-state index contributed by atoms with van der Waals surface area (Å²) in [7, 11) is 1.58. The van der Waals surface area contributed by atoms with E-state index < -0.39 is 12.7 Å². The van der Waals surface area contributed by atoms with Gasteiger partial charge in [0.25, 0.3) is 0 Å². The van der Waals surface area contributed by atoms with Gasteiger partial charge in [-0.05, 0) is 32.9 Å². The maximum Gasteiger partial charge on any atom is 0.345 e. The number of rotatable bonds is 7. The second-order valence-corrected chi connectivity index (χ2v) is 7.50. The van der Waals surface area contributed by atoms with Crippen molar-refractivity contribution < 1.29 is 22.8 Å². The number of benzene rings is 1. The molecule has 0 radical (unpaired) electrons. The highest BCUT2D eigenvalue weighted by Crippen LogP contribution is 2.39. The van der Waals surface area contributed by atoms with Crippen LogP contribution in [0.15, 0.2) is 22.9 Å². The van der Waals surface area contributed by atoms with E-state index in [1.807, 2.05) is 30.5 Å². The van der Waals surface area contributed by atoms with Crippen LogP contribution in [0.3, 0.4) is 0 Å². The Hall–Kier alpha value is -2.78. The molecule has 3 heterocycles. The van der Waals surface area contributed by atoms with E-state index in [1.165, 1.54) is 0 Å². The molecule has 0 unspecified atom stereocenters. The molecule has 0 N–H and O–H groups in total. The van der Waals surface area contributed by atoms with Gasteiger partial charge in [0.1, 0.15) is 22.9 Å². The van der Waals surface area contributed by atoms with Crippen LogP contribution in [0.4, 0.5) is 8.78 Å². The van der Waals surface area contributed by atoms with Crippen molar-refractivity contribution in [2.45, 2.75) is 39.3 Å². The first kappa shape index (κ1) is 21.5. The van der Waals surface area contributed by atoms with Gasteiger partial charge in [-0.25, -0.2) is 4.98 Å². The first-order valence-corrected chi connectivity index (χ1v) is 10.2. The minimum absolute atomic E-state index is 0.115. The molecule has 1 aromatic carbocycles. The lowest BCUT2D eigenvalue weighted by Crippen LogP contribution is -2.16. The summed E-state index contributed by atoms with van der Waals surface area (Å²) in [6.45, 7) is 2.43. The van der Waals surface area contributed by atoms with Gasteiger partial charge in [0, 0.05) is 10.9 Å². The molecule has 164 valence electrons. The number of methoxy groups -OCH3 is 1. The van der Waals surface area contributed by atoms with Gasteiger partial charge in [0.15, 0.2) is 0 Å². The van der Waals surface area contributed by atoms with E-state index in [9.17, 15) is 8.78 Å². The third-order valence-electron chi connectivity index (χ3n) is 5.24. The van der Waals surface area contributed by atoms with Crippen LogP contribution < -0.4 is 4.74 Å². The van der Waals surface area contributed by atoms with E-state index in [-0.39, 0.29) is 12.5 Å². The SMILES string of the molecule is COc1cc2c(cc1-c1c(C)noc1C)ncc1nc(CCl)n([C@H](C)COC(F)F)c12. The van der Waals surface area contributed by atoms with E-state index in [1.54, 1.807) is 20.2 Å². The van der Waals surface area contributed by atoms with Crippen molar-refractivity contribution in [2.75, 3.05) is 13.7 Å². The van der Waals surface area contributed by atoms with Crippen LogP contribution in [-0.2, 0) is 10.6 Å². The number of hydrogen-bond donors (Lipinski definition) is 0. The Kier molecular flexibility index (Phi) is 5.81. The third-order valence-corrected chi connectivity index (χ3v) is 5.48. The quantitative estimate of drug-likeness (QED) is 0.351. The predicted octanol–water partition coefficient (Wildman–Crippen LogP) is 5.40. The molecule has 0 saturated heterocycles. The number of imidazole rings is 1. The zero-order valence-corrected chi connectivity index (χ0v) is 18.2. The van der Waals surface area contributed by atoms with Crippen LogP contribution in [0.1, 0.15) is 30.2 Å². The van der Waals surface area contributed by atoms with Crippen molar-refractivity contribution in [2.24, 2.45) is 0 Å². The highest BCUT2D eigenvalue weighted by atomic mass is 35.5. The fourth-order valence-corrected chi connectivity index (χ4v) is 4.13. The van der Waals surface area contributed by atoms with Gasteiger partial charge in [-0.15, -0.1) is 11.6 Å². The number of nitrogens with zero attached hydrogens (tertiary/aromatic N) is 4. The second-order valence-electron chi connectivity index (χ2n) is 7.24. The van der Waals surface area contributed by atoms with Gasteiger partial charge >= 0.3 is 6.61 Å². The van der Waals surface area contributed by atoms with Crippen molar-refractivity contribution >= 4 is 33.5 Å². The van der Waals surface area contributed by atoms with Crippen LogP contribution in [-0.4, -0.2) is 40.0 Å². The summed E-state index contributed by atoms with van der Waals surface area (Å²) in [4.78, 5) is 9.11. The summed E-state index contributed by atoms with van der Waals surface area (Å²) in [5.74, 6) is 1.94. The Morgan fingerprint density at radius 2 is 2.00 bits per heavy atom. The number of halogens is 3. The summed E-state index contributed by atoms with van der Waals surface area (Å²) in [5.41, 5.74) is 4.41. The molecule has 31 heavy (non-hydrogen) atoms. The van der Waals surface area contributed by atoms with Gasteiger partial charge in [-0.1, -0.05) is 5.16 Å². The maximum atomic E-state index is 12.6. The first-order valence-electron chi connectivity index (χ1n) is 9.62. The summed E-state index contributed by atoms with van der Waals surface area (Å²) in [6, 6.07) is 3.34. The topological polar surface area (TPSA) is 75.2 Å². The van der Waals surface area contributed by atoms with Crippen LogP contribution in [0.2, 0.25) is 0 Å². The summed E-state index contributed by atoms with van der Waals surface area (Å²) >= 11 is 6.11. The van der Waals surface area contributed by atoms with Crippen molar-refractivity contribution in [1.82, 2.24) is 19.7 Å². The van der Waals surface area contributed by atoms with Crippen molar-refractivity contribution in [3.05, 3.63) is 35.6 Å². The number of ether oxygens (including phenoxy) is 2. The van der Waals surface area contributed by atoms with E-state index >= 15 is 0 Å². The summed E-state index contributed by atoms with van der Waals surface area (Å²) in [5, 5.41) is 4.79. The standard InChI is InChI=1S/C21H21ClF2N4O3/c1-10(9-30-21(23)24)28-18(7-22)26-16-8-25-15-5-14(19-11(2)27-31-12(19)3)17(29-4)6-13(15)20(16)28/h5-6,8,10,21H,7,9H2,1-4H3/t10-/m1/s1. The number of alkyl halides is 3. The van der Waals surface area contributed by atoms with Gasteiger partial charge < -0.3 is 18.6 Å². The largest absolute Gasteiger partial charge is 0.496 e. The monoisotopic (exact) mass is 450 g/mol. The number of aryl methyl sites for hydroxylation is 2. The van der Waals surface area contributed by atoms with Gasteiger partial charge in [0.2, 0.25) is 0 Å². The van der Waals surface area contributed by atoms with E-state index in [4.69, 9.17) is 20.9 Å². The molecular weight excluding hydrogens is 430 g/mol. The summed E-state index contributed by atoms with van der Waals surface area (Å²) in [6.07, 6.45) is 1.65. The minimum Gasteiger partial charge on any atom is -0.496 e. The predicted molar refractivity (Wildman–Crippen MR) is 113 cm³/mol. The smallest absolute Gasteiger partial charge is 0.345 e. The molecule has 1 atom stereocenters. The molecule has 0 aliphatic heterocycles. The summed E-state index contributed by atoms with van der Waals surface area (Å²) < 4.78 is 42.6. The first-order chi connectivity index (χ1) is 14.8. The molecular formula is C21H21ClF2N4O3. The van der Waals surface area contributed by atoms with Gasteiger partial charge in [0.05, 0.1) is 54.1 Å². The normalized spacial score (nSPS) is 12.9. The Morgan fingerprint density at radius 3 is 2.61 bits per heavy atom. The Labute approximate surface area is 181 Å². The number of fused-ring (bicyclic) bond motifs is 3. The molecule has 0 bridgehead atoms. The Balaban J connectivity index is 1.98. The molecule has 0 fully saturated rings. The minimum atomic E-state index is -2.85. The van der Waals surface area contributed by atoms with E-state index in [0.717, 1.165) is 27.7 Å². The molecule has 10 heteroatoms. The zero-order chi connectivity index (χ0) is 22.3. The highest BCUT2D eigenvalue weighted by Gasteiger charge is 2.22. The van der Waals surface area contributed by atoms with E-state index in [2.05, 4.69) is 19.9 Å². The molecule has 3 aromatic heterocycles. The average Bonchev–Trinajstić information content (AvgIpc) is 3.30. The zero-order valence-electron chi connectivity index (χ0n) is 17.4. The molecule has 0 aliphatic rings. The number of aromatic nitrogens is 4. The lowest BCUT2D eigenvalue weighted by Gasteiger charge is -2.18. The fourth-order valence-electron chi connectivity index (χ4n) is 3.94. The molecule has 4 rings (SSSR count). The number of hydrogen-bond acceptors (Lipinski definition) is 6. The fraction of sp³-hybridized carbons (Fsp3) is 0.381. The Morgan fingerprint density at radius 1 is 1.23 bits per heavy atom. The van der Waals surface area contributed by atoms with Crippen molar-refractivity contribution in [3.8, 4) is 16.9 Å². The van der Waals surface area contributed by atoms with Crippen molar-refractivity contribution in [3.63, 3.8) is 0 Å². The molecule has 0 aliphatic carbocycles. The molecule has 0 saturated carbocycles. The number of pyridine rings is 1.